The van der Waals surface area contributed by atoms with Gasteiger partial charge in [0.1, 0.15) is 18.1 Å². The molecule has 1 unspecified atom stereocenters. The van der Waals surface area contributed by atoms with Crippen molar-refractivity contribution < 1.29 is 28.9 Å². The van der Waals surface area contributed by atoms with Gasteiger partial charge in [-0.1, -0.05) is 89.8 Å². The minimum absolute atomic E-state index is 0.0761. The number of Topliss-reactive ketones (excluding diaryl/α,β-unsaturated/α-hetero) is 1. The summed E-state index contributed by atoms with van der Waals surface area (Å²) in [7, 11) is 1.52. The number of carbonyl (C=O) groups is 2. The minimum Gasteiger partial charge on any atom is -0.507 e. The lowest BCUT2D eigenvalue weighted by Gasteiger charge is -2.23. The number of hydrogen-bond donors (Lipinski definition) is 1. The predicted molar refractivity (Wildman–Crippen MR) is 182 cm³/mol. The second kappa shape index (κ2) is 14.5. The third-order valence-corrected chi connectivity index (χ3v) is 9.56. The number of nitrogens with zero attached hydrogens (tertiary/aromatic N) is 3. The van der Waals surface area contributed by atoms with Crippen LogP contribution < -0.4 is 19.1 Å². The fourth-order valence-electron chi connectivity index (χ4n) is 5.16. The average molecular weight is 666 g/mol. The molecule has 1 amide bonds. The zero-order valence-corrected chi connectivity index (χ0v) is 27.3. The molecule has 0 spiro atoms. The van der Waals surface area contributed by atoms with Gasteiger partial charge >= 0.3 is 5.91 Å². The van der Waals surface area contributed by atoms with Gasteiger partial charge in [0.05, 0.1) is 25.3 Å². The van der Waals surface area contributed by atoms with Crippen LogP contribution in [0.4, 0.5) is 5.13 Å². The first-order chi connectivity index (χ1) is 23.0. The first-order valence-corrected chi connectivity index (χ1v) is 16.7. The lowest BCUT2D eigenvalue weighted by molar-refractivity contribution is -0.132. The number of thioether (sulfide) groups is 1. The molecule has 1 aliphatic rings. The summed E-state index contributed by atoms with van der Waals surface area (Å²) < 4.78 is 17.9. The van der Waals surface area contributed by atoms with E-state index in [1.165, 1.54) is 35.1 Å². The van der Waals surface area contributed by atoms with Crippen LogP contribution in [0, 0.1) is 0 Å². The number of rotatable bonds is 12. The summed E-state index contributed by atoms with van der Waals surface area (Å²) in [5.74, 6) is 0.203. The summed E-state index contributed by atoms with van der Waals surface area (Å²) in [6, 6.07) is 30.6. The lowest BCUT2D eigenvalue weighted by atomic mass is 9.95. The van der Waals surface area contributed by atoms with E-state index in [2.05, 4.69) is 10.2 Å². The number of aromatic nitrogens is 2. The van der Waals surface area contributed by atoms with E-state index in [-0.39, 0.29) is 16.5 Å². The first kappa shape index (κ1) is 31.8. The van der Waals surface area contributed by atoms with Crippen molar-refractivity contribution in [1.29, 1.82) is 0 Å². The molecule has 1 atom stereocenters. The largest absolute Gasteiger partial charge is 0.507 e. The third-order valence-electron chi connectivity index (χ3n) is 7.43. The fraction of sp³-hybridized carbons (Fsp3) is 0.167. The van der Waals surface area contributed by atoms with E-state index in [1.54, 1.807) is 42.5 Å². The molecular weight excluding hydrogens is 635 g/mol. The predicted octanol–water partition coefficient (Wildman–Crippen LogP) is 7.44. The molecule has 11 heteroatoms. The molecule has 4 aromatic carbocycles. The molecule has 6 rings (SSSR count). The normalized spacial score (nSPS) is 15.5. The number of ether oxygens (including phenoxy) is 3. The molecule has 0 bridgehead atoms. The molecule has 1 aromatic heterocycles. The molecule has 9 nitrogen and oxygen atoms in total. The molecule has 0 radical (unpaired) electrons. The highest BCUT2D eigenvalue weighted by Gasteiger charge is 2.48. The Morgan fingerprint density at radius 1 is 0.872 bits per heavy atom. The van der Waals surface area contributed by atoms with E-state index in [1.807, 2.05) is 67.6 Å². The maximum Gasteiger partial charge on any atom is 0.301 e. The monoisotopic (exact) mass is 665 g/mol. The van der Waals surface area contributed by atoms with Gasteiger partial charge in [-0.15, -0.1) is 10.2 Å². The second-order valence-electron chi connectivity index (χ2n) is 10.4. The number of aliphatic hydroxyl groups is 1. The Morgan fingerprint density at radius 3 is 2.26 bits per heavy atom. The standard InChI is InChI=1S/C36H31N3O6S2/c1-3-44-27-17-14-25(15-18-27)32(40)30-31(26-16-19-28(29(20-26)43-2)45-21-23-10-6-4-7-11-23)39(34(42)33(30)41)35-37-38-36(47-35)46-22-24-12-8-5-9-13-24/h4-20,31,40H,3,21-22H2,1-2H3/b32-30-. The quantitative estimate of drug-likeness (QED) is 0.0478. The van der Waals surface area contributed by atoms with Gasteiger partial charge in [0.25, 0.3) is 5.78 Å². The number of carbonyl (C=O) groups excluding carboxylic acids is 2. The van der Waals surface area contributed by atoms with Gasteiger partial charge in [-0.2, -0.15) is 0 Å². The summed E-state index contributed by atoms with van der Waals surface area (Å²) in [5, 5.41) is 20.4. The lowest BCUT2D eigenvalue weighted by Crippen LogP contribution is -2.29. The second-order valence-corrected chi connectivity index (χ2v) is 12.6. The van der Waals surface area contributed by atoms with Crippen molar-refractivity contribution in [2.24, 2.45) is 0 Å². The summed E-state index contributed by atoms with van der Waals surface area (Å²) in [6.07, 6.45) is 0. The van der Waals surface area contributed by atoms with Crippen molar-refractivity contribution in [1.82, 2.24) is 10.2 Å². The molecule has 238 valence electrons. The Morgan fingerprint density at radius 2 is 1.57 bits per heavy atom. The Balaban J connectivity index is 1.38. The number of ketones is 1. The van der Waals surface area contributed by atoms with E-state index >= 15 is 0 Å². The summed E-state index contributed by atoms with van der Waals surface area (Å²) in [4.78, 5) is 28.7. The van der Waals surface area contributed by atoms with Crippen LogP contribution in [0.1, 0.15) is 35.2 Å². The van der Waals surface area contributed by atoms with E-state index < -0.39 is 17.7 Å². The molecule has 2 heterocycles. The van der Waals surface area contributed by atoms with Gasteiger partial charge in [-0.25, -0.2) is 0 Å². The van der Waals surface area contributed by atoms with Crippen molar-refractivity contribution in [2.75, 3.05) is 18.6 Å². The molecule has 5 aromatic rings. The Bertz CT molecular complexity index is 1900. The van der Waals surface area contributed by atoms with Crippen molar-refractivity contribution in [3.63, 3.8) is 0 Å². The van der Waals surface area contributed by atoms with Gasteiger partial charge in [0, 0.05) is 11.3 Å². The summed E-state index contributed by atoms with van der Waals surface area (Å²) in [5.41, 5.74) is 2.91. The van der Waals surface area contributed by atoms with E-state index in [0.717, 1.165) is 11.1 Å². The number of methoxy groups -OCH3 is 1. The van der Waals surface area contributed by atoms with Crippen molar-refractivity contribution >= 4 is 45.7 Å². The SMILES string of the molecule is CCOc1ccc(/C(O)=C2/C(=O)C(=O)N(c3nnc(SCc4ccccc4)s3)C2c2ccc(OCc3ccccc3)c(OC)c2)cc1. The van der Waals surface area contributed by atoms with Gasteiger partial charge in [-0.3, -0.25) is 14.5 Å². The molecule has 1 aliphatic heterocycles. The number of benzene rings is 4. The molecule has 0 saturated carbocycles. The van der Waals surface area contributed by atoms with E-state index in [4.69, 9.17) is 14.2 Å². The Kier molecular flexibility index (Phi) is 9.84. The highest BCUT2D eigenvalue weighted by Crippen LogP contribution is 2.45. The number of hydrogen-bond acceptors (Lipinski definition) is 10. The van der Waals surface area contributed by atoms with Crippen molar-refractivity contribution in [3.8, 4) is 17.2 Å². The van der Waals surface area contributed by atoms with E-state index in [9.17, 15) is 14.7 Å². The van der Waals surface area contributed by atoms with Crippen molar-refractivity contribution in [2.45, 2.75) is 29.7 Å². The molecule has 1 saturated heterocycles. The minimum atomic E-state index is -1.02. The van der Waals surface area contributed by atoms with Crippen LogP contribution in [0.2, 0.25) is 0 Å². The molecule has 1 N–H and O–H groups in total. The zero-order chi connectivity index (χ0) is 32.8. The fourth-order valence-corrected chi connectivity index (χ4v) is 6.99. The molecule has 0 aliphatic carbocycles. The molecule has 47 heavy (non-hydrogen) atoms. The van der Waals surface area contributed by atoms with Crippen LogP contribution in [-0.2, 0) is 21.9 Å². The summed E-state index contributed by atoms with van der Waals surface area (Å²) in [6.45, 7) is 2.68. The maximum absolute atomic E-state index is 13.7. The van der Waals surface area contributed by atoms with Crippen molar-refractivity contribution in [3.05, 3.63) is 131 Å². The topological polar surface area (TPSA) is 111 Å². The van der Waals surface area contributed by atoms with Crippen LogP contribution in [0.25, 0.3) is 5.76 Å². The van der Waals surface area contributed by atoms with Crippen LogP contribution >= 0.6 is 23.1 Å². The molecule has 1 fully saturated rings. The highest BCUT2D eigenvalue weighted by molar-refractivity contribution is 8.00. The molecular formula is C36H31N3O6S2. The van der Waals surface area contributed by atoms with Gasteiger partial charge in [0.2, 0.25) is 5.13 Å². The highest BCUT2D eigenvalue weighted by atomic mass is 32.2. The van der Waals surface area contributed by atoms with Gasteiger partial charge in [-0.05, 0) is 60.0 Å². The van der Waals surface area contributed by atoms with E-state index in [0.29, 0.717) is 51.7 Å². The Labute approximate surface area is 280 Å². The number of anilines is 1. The van der Waals surface area contributed by atoms with Gasteiger partial charge < -0.3 is 19.3 Å². The first-order valence-electron chi connectivity index (χ1n) is 14.9. The van der Waals surface area contributed by atoms with Crippen LogP contribution in [0.15, 0.2) is 113 Å². The summed E-state index contributed by atoms with van der Waals surface area (Å²) >= 11 is 2.69. The average Bonchev–Trinajstić information content (AvgIpc) is 3.68. The zero-order valence-electron chi connectivity index (χ0n) is 25.7. The van der Waals surface area contributed by atoms with Crippen LogP contribution in [0.3, 0.4) is 0 Å². The van der Waals surface area contributed by atoms with Gasteiger partial charge in [0.15, 0.2) is 15.8 Å². The van der Waals surface area contributed by atoms with Crippen LogP contribution in [-0.4, -0.2) is 40.7 Å². The third kappa shape index (κ3) is 7.01. The Hall–Kier alpha value is -5.13. The smallest absolute Gasteiger partial charge is 0.301 e. The maximum atomic E-state index is 13.7. The number of aliphatic hydroxyl groups excluding tert-OH is 1. The number of amides is 1. The van der Waals surface area contributed by atoms with Crippen LogP contribution in [0.5, 0.6) is 17.2 Å².